The van der Waals surface area contributed by atoms with Gasteiger partial charge in [-0.05, 0) is 103 Å². The van der Waals surface area contributed by atoms with Gasteiger partial charge in [-0.25, -0.2) is 4.98 Å². The third kappa shape index (κ3) is 10.0. The number of guanidine groups is 1. The third-order valence-electron chi connectivity index (χ3n) is 12.3. The molecule has 2 aromatic heterocycles. The zero-order chi connectivity index (χ0) is 43.2. The van der Waals surface area contributed by atoms with E-state index in [1.165, 1.54) is 13.0 Å². The molecule has 2 fully saturated rings. The van der Waals surface area contributed by atoms with Crippen LogP contribution in [-0.4, -0.2) is 74.7 Å². The molecule has 1 saturated carbocycles. The molecule has 9 atom stereocenters. The first-order valence-corrected chi connectivity index (χ1v) is 21.4. The van der Waals surface area contributed by atoms with Gasteiger partial charge in [0.2, 0.25) is 5.75 Å². The summed E-state index contributed by atoms with van der Waals surface area (Å²) in [5, 5.41) is 36.2. The van der Waals surface area contributed by atoms with E-state index in [2.05, 4.69) is 44.3 Å². The second-order valence-corrected chi connectivity index (χ2v) is 16.6. The molecule has 4 heterocycles. The number of nitrogens with one attached hydrogen (secondary N) is 1. The lowest BCUT2D eigenvalue weighted by molar-refractivity contribution is -0.179. The third-order valence-corrected chi connectivity index (χ3v) is 12.3. The Morgan fingerprint density at radius 1 is 1.02 bits per heavy atom. The number of carbonyl (C=O) groups is 1. The van der Waals surface area contributed by atoms with Crippen LogP contribution in [0.2, 0.25) is 0 Å². The lowest BCUT2D eigenvalue weighted by atomic mass is 9.69. The van der Waals surface area contributed by atoms with Crippen molar-refractivity contribution in [2.75, 3.05) is 18.9 Å². The lowest BCUT2D eigenvalue weighted by Crippen LogP contribution is -2.51. The highest BCUT2D eigenvalue weighted by molar-refractivity contribution is 5.78. The van der Waals surface area contributed by atoms with E-state index in [4.69, 9.17) is 30.4 Å². The fourth-order valence-corrected chi connectivity index (χ4v) is 9.24. The molecular weight excluding hydrogens is 789 g/mol. The quantitative estimate of drug-likeness (QED) is 0.0204. The monoisotopic (exact) mass is 842 g/mol. The van der Waals surface area contributed by atoms with Crippen LogP contribution in [0.3, 0.4) is 0 Å². The van der Waals surface area contributed by atoms with E-state index in [-0.39, 0.29) is 65.4 Å². The summed E-state index contributed by atoms with van der Waals surface area (Å²) >= 11 is 0. The van der Waals surface area contributed by atoms with E-state index >= 15 is 0 Å². The van der Waals surface area contributed by atoms with E-state index in [0.29, 0.717) is 48.9 Å². The molecule has 0 unspecified atom stereocenters. The number of benzene rings is 2. The first-order chi connectivity index (χ1) is 30.1. The molecule has 2 aliphatic heterocycles. The zero-order valence-electron chi connectivity index (χ0n) is 34.7. The number of carbonyl (C=O) groups excluding carboxylic acids is 1. The largest absolute Gasteiger partial charge is 0.504 e. The Morgan fingerprint density at radius 3 is 2.73 bits per heavy atom. The first-order valence-electron chi connectivity index (χ1n) is 21.4. The average molecular weight is 843 g/mol. The Morgan fingerprint density at radius 2 is 1.90 bits per heavy atom. The number of aliphatic imine (C=N–C) groups is 1. The van der Waals surface area contributed by atoms with Crippen molar-refractivity contribution in [3.63, 3.8) is 0 Å². The molecule has 324 valence electrons. The van der Waals surface area contributed by atoms with Crippen molar-refractivity contribution in [2.45, 2.75) is 88.7 Å². The summed E-state index contributed by atoms with van der Waals surface area (Å²) in [5.41, 5.74) is 15.9. The fourth-order valence-electron chi connectivity index (χ4n) is 9.24. The Balaban J connectivity index is 1.07. The number of hydrogen-bond donors (Lipinski definition) is 6. The minimum atomic E-state index is -0.633. The summed E-state index contributed by atoms with van der Waals surface area (Å²) in [6, 6.07) is 16.0. The Bertz CT molecular complexity index is 2350. The molecule has 2 aromatic carbocycles. The number of ether oxygens (including phenoxy) is 4. The number of aromatic hydroxyl groups is 3. The van der Waals surface area contributed by atoms with Crippen LogP contribution in [-0.2, 0) is 33.5 Å². The molecule has 2 bridgehead atoms. The summed E-state index contributed by atoms with van der Waals surface area (Å²) < 4.78 is 25.7. The number of fused-ring (bicyclic) bond motifs is 6. The molecule has 14 nitrogen and oxygen atoms in total. The number of aryl methyl sites for hydroxylation is 1. The van der Waals surface area contributed by atoms with Crippen molar-refractivity contribution in [3.05, 3.63) is 108 Å². The van der Waals surface area contributed by atoms with Crippen molar-refractivity contribution in [1.29, 1.82) is 0 Å². The number of anilines is 1. The van der Waals surface area contributed by atoms with Crippen molar-refractivity contribution >= 4 is 17.7 Å². The number of nitrogens with zero attached hydrogens (tertiary/aromatic N) is 3. The van der Waals surface area contributed by atoms with Crippen molar-refractivity contribution in [2.24, 2.45) is 34.4 Å². The van der Waals surface area contributed by atoms with Crippen LogP contribution < -0.4 is 26.3 Å². The van der Waals surface area contributed by atoms with Gasteiger partial charge in [-0.2, -0.15) is 0 Å². The van der Waals surface area contributed by atoms with Gasteiger partial charge in [0, 0.05) is 68.7 Å². The highest BCUT2D eigenvalue weighted by atomic mass is 16.6. The summed E-state index contributed by atoms with van der Waals surface area (Å²) in [6.45, 7) is 2.16. The highest BCUT2D eigenvalue weighted by Gasteiger charge is 2.47. The molecule has 14 heteroatoms. The van der Waals surface area contributed by atoms with Crippen LogP contribution in [0, 0.1) is 35.5 Å². The van der Waals surface area contributed by atoms with Gasteiger partial charge >= 0.3 is 5.97 Å². The van der Waals surface area contributed by atoms with E-state index in [1.54, 1.807) is 30.7 Å². The number of allylic oxidation sites excluding steroid dienone is 1. The maximum absolute atomic E-state index is 12.6. The first kappa shape index (κ1) is 42.2. The number of hydrogen-bond acceptors (Lipinski definition) is 12. The zero-order valence-corrected chi connectivity index (χ0v) is 34.7. The fraction of sp³-hybridized carbons (Fsp3) is 0.417. The molecule has 2 aliphatic carbocycles. The average Bonchev–Trinajstić information content (AvgIpc) is 3.27. The van der Waals surface area contributed by atoms with E-state index in [9.17, 15) is 20.1 Å². The second-order valence-electron chi connectivity index (χ2n) is 16.6. The number of nitrogen functional groups attached to an aromatic ring is 1. The van der Waals surface area contributed by atoms with Crippen LogP contribution in [0.4, 0.5) is 5.82 Å². The molecule has 8 N–H and O–H groups in total. The van der Waals surface area contributed by atoms with Crippen LogP contribution in [0.15, 0.2) is 90.3 Å². The number of pyridine rings is 2. The van der Waals surface area contributed by atoms with Gasteiger partial charge in [0.05, 0.1) is 24.7 Å². The van der Waals surface area contributed by atoms with Crippen LogP contribution in [0.1, 0.15) is 67.4 Å². The van der Waals surface area contributed by atoms with Gasteiger partial charge < -0.3 is 51.1 Å². The van der Waals surface area contributed by atoms with E-state index in [1.807, 2.05) is 36.4 Å². The maximum atomic E-state index is 12.6. The highest BCUT2D eigenvalue weighted by Crippen LogP contribution is 2.48. The number of nitrogens with two attached hydrogens (primary N) is 2. The molecular formula is C48H54N6O8. The predicted octanol–water partition coefficient (Wildman–Crippen LogP) is 5.69. The van der Waals surface area contributed by atoms with Crippen LogP contribution in [0.5, 0.6) is 28.7 Å². The molecule has 0 spiro atoms. The minimum absolute atomic E-state index is 0.0410. The molecule has 0 radical (unpaired) electrons. The minimum Gasteiger partial charge on any atom is -0.504 e. The van der Waals surface area contributed by atoms with Crippen molar-refractivity contribution < 1.29 is 39.1 Å². The Hall–Kier alpha value is -6.46. The van der Waals surface area contributed by atoms with Crippen LogP contribution in [0.25, 0.3) is 0 Å². The van der Waals surface area contributed by atoms with Crippen molar-refractivity contribution in [1.82, 2.24) is 15.3 Å². The Labute approximate surface area is 361 Å². The number of aromatic nitrogens is 2. The second kappa shape index (κ2) is 19.1. The summed E-state index contributed by atoms with van der Waals surface area (Å²) in [5.74, 6) is 6.40. The smallest absolute Gasteiger partial charge is 0.302 e. The molecule has 1 saturated heterocycles. The van der Waals surface area contributed by atoms with Gasteiger partial charge in [-0.15, -0.1) is 0 Å². The standard InChI is InChI=1S/C48H54N6O8/c1-28(55)60-42-26-41(33-24-39(57)46(58)44(25-33)59-20-16-30-6-3-17-51-27-30)62-47-35(42)13-11-32-10-12-34-37(54-48(50)53-18-4-5-29-15-19-52-45(49)23-29)7-2-8-40(34)61-43-22-31(21-36(32)47)9-14-38(43)56/h3,6,9,11,13-15,17,19,22-25,27,32,34-37,40-42,47,56-58H,2,4-5,7-8,16,18,20-21,26H2,1H3,(H2,49,52)(H3,50,53,54)/t32-,34-,35+,36-,37+,40+,41-,42-,47+/m0/s1. The van der Waals surface area contributed by atoms with Gasteiger partial charge in [-0.1, -0.05) is 36.1 Å². The van der Waals surface area contributed by atoms with Gasteiger partial charge in [0.1, 0.15) is 18.0 Å². The molecule has 8 rings (SSSR count). The summed E-state index contributed by atoms with van der Waals surface area (Å²) in [4.78, 5) is 25.4. The molecule has 0 amide bonds. The summed E-state index contributed by atoms with van der Waals surface area (Å²) in [6.07, 6.45) is 12.7. The normalized spacial score (nSPS) is 26.5. The van der Waals surface area contributed by atoms with E-state index < -0.39 is 24.3 Å². The topological polar surface area (TPSA) is 217 Å². The number of esters is 1. The summed E-state index contributed by atoms with van der Waals surface area (Å²) in [7, 11) is 0. The molecule has 62 heavy (non-hydrogen) atoms. The maximum Gasteiger partial charge on any atom is 0.302 e. The number of phenols is 3. The molecule has 4 aromatic rings. The molecule has 4 aliphatic rings. The lowest BCUT2D eigenvalue weighted by Gasteiger charge is -2.47. The number of rotatable bonds is 11. The Kier molecular flexibility index (Phi) is 13.0. The van der Waals surface area contributed by atoms with Crippen LogP contribution >= 0.6 is 0 Å². The van der Waals surface area contributed by atoms with Crippen molar-refractivity contribution in [3.8, 4) is 40.6 Å². The van der Waals surface area contributed by atoms with E-state index in [0.717, 1.165) is 48.8 Å². The number of phenolic OH excluding ortho intramolecular Hbond substituents is 3. The SMILES string of the molecule is CC(=O)O[C@H]1C[C@@H](c2cc(O)c(O)c(OCCc3cccnc3)c2)O[C@@H]2[C@@H]1C=C[C@@H]1C#C[C@H]3[C@H](NC(N)=NCCCc4ccnc(N)c4)CCC[C@H]3Oc3cc(ccc3O)C[C@H]21. The van der Waals surface area contributed by atoms with Gasteiger partial charge in [0.25, 0.3) is 0 Å². The predicted molar refractivity (Wildman–Crippen MR) is 232 cm³/mol. The van der Waals surface area contributed by atoms with Gasteiger partial charge in [0.15, 0.2) is 29.0 Å². The van der Waals surface area contributed by atoms with Gasteiger partial charge in [-0.3, -0.25) is 14.8 Å².